The molecule has 1 saturated heterocycles. The Labute approximate surface area is 127 Å². The maximum Gasteiger partial charge on any atom is 0.275 e. The number of carbonyl (C=O) groups excluding carboxylic acids is 2. The van der Waals surface area contributed by atoms with Gasteiger partial charge in [0, 0.05) is 19.0 Å². The van der Waals surface area contributed by atoms with Crippen LogP contribution in [0.25, 0.3) is 0 Å². The lowest BCUT2D eigenvalue weighted by Crippen LogP contribution is -2.47. The molecule has 1 aliphatic heterocycles. The van der Waals surface area contributed by atoms with Crippen molar-refractivity contribution in [3.05, 3.63) is 11.4 Å². The summed E-state index contributed by atoms with van der Waals surface area (Å²) in [5.41, 5.74) is -0.0818. The van der Waals surface area contributed by atoms with E-state index in [9.17, 15) is 14.7 Å². The number of amides is 2. The number of likely N-dealkylation sites (tertiary alicyclic amines) is 1. The lowest BCUT2D eigenvalue weighted by molar-refractivity contribution is -0.133. The van der Waals surface area contributed by atoms with Gasteiger partial charge in [0.25, 0.3) is 5.91 Å². The molecule has 0 bridgehead atoms. The fourth-order valence-corrected chi connectivity index (χ4v) is 2.97. The van der Waals surface area contributed by atoms with Crippen molar-refractivity contribution in [2.75, 3.05) is 19.6 Å². The minimum Gasteiger partial charge on any atom is -0.390 e. The Morgan fingerprint density at radius 2 is 2.23 bits per heavy atom. The van der Waals surface area contributed by atoms with Gasteiger partial charge in [0.1, 0.15) is 5.69 Å². The number of aryl methyl sites for hydroxylation is 1. The van der Waals surface area contributed by atoms with Crippen molar-refractivity contribution < 1.29 is 19.3 Å². The number of piperidine rings is 1. The topological polar surface area (TPSA) is 109 Å². The SMILES string of the molecule is Cc1nonc1C(=O)NCC(=O)N1CCCC(C2(O)CC2)C1. The quantitative estimate of drug-likeness (QED) is 0.802. The van der Waals surface area contributed by atoms with E-state index < -0.39 is 11.5 Å². The number of rotatable bonds is 4. The Kier molecular flexibility index (Phi) is 3.86. The van der Waals surface area contributed by atoms with Crippen LogP contribution in [0.4, 0.5) is 0 Å². The Morgan fingerprint density at radius 3 is 2.86 bits per heavy atom. The molecule has 1 atom stereocenters. The third-order valence-electron chi connectivity index (χ3n) is 4.56. The summed E-state index contributed by atoms with van der Waals surface area (Å²) in [5, 5.41) is 19.8. The monoisotopic (exact) mass is 308 g/mol. The van der Waals surface area contributed by atoms with E-state index in [2.05, 4.69) is 20.3 Å². The van der Waals surface area contributed by atoms with E-state index in [1.54, 1.807) is 11.8 Å². The zero-order chi connectivity index (χ0) is 15.7. The minimum atomic E-state index is -0.564. The van der Waals surface area contributed by atoms with Crippen LogP contribution in [0.3, 0.4) is 0 Å². The van der Waals surface area contributed by atoms with Crippen LogP contribution in [0, 0.1) is 12.8 Å². The molecule has 1 aliphatic carbocycles. The van der Waals surface area contributed by atoms with Gasteiger partial charge in [0.2, 0.25) is 5.91 Å². The number of hydrogen-bond acceptors (Lipinski definition) is 6. The molecule has 0 radical (unpaired) electrons. The fourth-order valence-electron chi connectivity index (χ4n) is 2.97. The van der Waals surface area contributed by atoms with Gasteiger partial charge in [-0.25, -0.2) is 4.63 Å². The first kappa shape index (κ1) is 15.0. The van der Waals surface area contributed by atoms with E-state index in [4.69, 9.17) is 0 Å². The van der Waals surface area contributed by atoms with E-state index in [0.29, 0.717) is 18.8 Å². The van der Waals surface area contributed by atoms with Crippen molar-refractivity contribution in [2.24, 2.45) is 5.92 Å². The molecule has 1 aromatic rings. The summed E-state index contributed by atoms with van der Waals surface area (Å²) in [6.45, 7) is 2.76. The largest absolute Gasteiger partial charge is 0.390 e. The van der Waals surface area contributed by atoms with Gasteiger partial charge in [-0.05, 0) is 37.8 Å². The average Bonchev–Trinajstić information content (AvgIpc) is 3.13. The van der Waals surface area contributed by atoms with Gasteiger partial charge in [-0.2, -0.15) is 0 Å². The highest BCUT2D eigenvalue weighted by molar-refractivity contribution is 5.95. The van der Waals surface area contributed by atoms with Gasteiger partial charge in [-0.3, -0.25) is 9.59 Å². The predicted molar refractivity (Wildman–Crippen MR) is 74.9 cm³/mol. The molecule has 0 aromatic carbocycles. The summed E-state index contributed by atoms with van der Waals surface area (Å²) in [7, 11) is 0. The summed E-state index contributed by atoms with van der Waals surface area (Å²) < 4.78 is 4.46. The minimum absolute atomic E-state index is 0.0870. The van der Waals surface area contributed by atoms with Gasteiger partial charge in [-0.1, -0.05) is 5.16 Å². The van der Waals surface area contributed by atoms with Crippen molar-refractivity contribution in [2.45, 2.75) is 38.2 Å². The summed E-state index contributed by atoms with van der Waals surface area (Å²) >= 11 is 0. The van der Waals surface area contributed by atoms with E-state index in [1.807, 2.05) is 0 Å². The first-order valence-electron chi connectivity index (χ1n) is 7.57. The Hall–Kier alpha value is -1.96. The van der Waals surface area contributed by atoms with Crippen LogP contribution in [0.15, 0.2) is 4.63 Å². The van der Waals surface area contributed by atoms with Crippen molar-refractivity contribution in [1.29, 1.82) is 0 Å². The molecule has 2 aliphatic rings. The van der Waals surface area contributed by atoms with Crippen LogP contribution in [0.5, 0.6) is 0 Å². The molecule has 22 heavy (non-hydrogen) atoms. The van der Waals surface area contributed by atoms with Crippen LogP contribution in [0.2, 0.25) is 0 Å². The van der Waals surface area contributed by atoms with Gasteiger partial charge in [-0.15, -0.1) is 0 Å². The molecule has 1 unspecified atom stereocenters. The van der Waals surface area contributed by atoms with Crippen molar-refractivity contribution in [1.82, 2.24) is 20.5 Å². The zero-order valence-electron chi connectivity index (χ0n) is 12.5. The second-order valence-corrected chi connectivity index (χ2v) is 6.16. The van der Waals surface area contributed by atoms with Crippen LogP contribution < -0.4 is 5.32 Å². The number of aromatic nitrogens is 2. The number of aliphatic hydroxyl groups is 1. The van der Waals surface area contributed by atoms with Crippen LogP contribution in [-0.2, 0) is 4.79 Å². The first-order chi connectivity index (χ1) is 10.5. The molecule has 2 N–H and O–H groups in total. The maximum absolute atomic E-state index is 12.2. The normalized spacial score (nSPS) is 23.2. The molecule has 0 spiro atoms. The molecular formula is C14H20N4O4. The molecule has 1 saturated carbocycles. The molecule has 120 valence electrons. The predicted octanol–water partition coefficient (Wildman–Crippen LogP) is -0.129. The number of hydrogen-bond donors (Lipinski definition) is 2. The van der Waals surface area contributed by atoms with Gasteiger partial charge < -0.3 is 15.3 Å². The molecule has 2 heterocycles. The fraction of sp³-hybridized carbons (Fsp3) is 0.714. The highest BCUT2D eigenvalue weighted by Gasteiger charge is 2.48. The highest BCUT2D eigenvalue weighted by Crippen LogP contribution is 2.45. The van der Waals surface area contributed by atoms with Crippen LogP contribution in [0.1, 0.15) is 41.9 Å². The zero-order valence-corrected chi connectivity index (χ0v) is 12.5. The highest BCUT2D eigenvalue weighted by atomic mass is 16.6. The molecule has 8 nitrogen and oxygen atoms in total. The van der Waals surface area contributed by atoms with Gasteiger partial charge in [0.05, 0.1) is 12.1 Å². The Bertz CT molecular complexity index is 581. The van der Waals surface area contributed by atoms with E-state index in [-0.39, 0.29) is 24.1 Å². The van der Waals surface area contributed by atoms with Crippen LogP contribution >= 0.6 is 0 Å². The molecule has 8 heteroatoms. The standard InChI is InChI=1S/C14H20N4O4/c1-9-12(17-22-16-9)13(20)15-7-11(19)18-6-2-3-10(8-18)14(21)4-5-14/h10,21H,2-8H2,1H3,(H,15,20). The third-order valence-corrected chi connectivity index (χ3v) is 4.56. The number of nitrogens with one attached hydrogen (secondary N) is 1. The molecular weight excluding hydrogens is 288 g/mol. The number of nitrogens with zero attached hydrogens (tertiary/aromatic N) is 3. The maximum atomic E-state index is 12.2. The summed E-state index contributed by atoms with van der Waals surface area (Å²) in [6.07, 6.45) is 3.50. The molecule has 2 fully saturated rings. The average molecular weight is 308 g/mol. The first-order valence-corrected chi connectivity index (χ1v) is 7.57. The van der Waals surface area contributed by atoms with E-state index in [1.165, 1.54) is 0 Å². The van der Waals surface area contributed by atoms with Crippen molar-refractivity contribution in [3.8, 4) is 0 Å². The summed E-state index contributed by atoms with van der Waals surface area (Å²) in [6, 6.07) is 0. The van der Waals surface area contributed by atoms with Gasteiger partial charge in [0.15, 0.2) is 5.69 Å². The van der Waals surface area contributed by atoms with Crippen LogP contribution in [-0.4, -0.2) is 57.4 Å². The lowest BCUT2D eigenvalue weighted by atomic mass is 9.90. The number of carbonyl (C=O) groups is 2. The molecule has 2 amide bonds. The molecule has 3 rings (SSSR count). The second kappa shape index (κ2) is 5.68. The van der Waals surface area contributed by atoms with E-state index in [0.717, 1.165) is 25.7 Å². The Morgan fingerprint density at radius 1 is 1.45 bits per heavy atom. The molecule has 1 aromatic heterocycles. The van der Waals surface area contributed by atoms with Crippen molar-refractivity contribution in [3.63, 3.8) is 0 Å². The van der Waals surface area contributed by atoms with Crippen molar-refractivity contribution >= 4 is 11.8 Å². The second-order valence-electron chi connectivity index (χ2n) is 6.16. The smallest absolute Gasteiger partial charge is 0.275 e. The summed E-state index contributed by atoms with van der Waals surface area (Å²) in [4.78, 5) is 25.8. The van der Waals surface area contributed by atoms with Gasteiger partial charge >= 0.3 is 0 Å². The Balaban J connectivity index is 1.51. The van der Waals surface area contributed by atoms with E-state index >= 15 is 0 Å². The lowest BCUT2D eigenvalue weighted by Gasteiger charge is -2.35. The summed E-state index contributed by atoms with van der Waals surface area (Å²) in [5.74, 6) is -0.458. The third kappa shape index (κ3) is 2.96.